The fraction of sp³-hybridized carbons (Fsp3) is 0.429. The van der Waals surface area contributed by atoms with Crippen LogP contribution in [-0.4, -0.2) is 23.5 Å². The van der Waals surface area contributed by atoms with Crippen LogP contribution >= 0.6 is 0 Å². The van der Waals surface area contributed by atoms with Gasteiger partial charge in [-0.25, -0.2) is 0 Å². The van der Waals surface area contributed by atoms with E-state index in [2.05, 4.69) is 0 Å². The van der Waals surface area contributed by atoms with Crippen molar-refractivity contribution in [2.24, 2.45) is 5.92 Å². The number of carbonyl (C=O) groups excluding carboxylic acids is 1. The van der Waals surface area contributed by atoms with Crippen LogP contribution in [0.15, 0.2) is 30.3 Å². The number of carbonyl (C=O) groups is 2. The first-order valence-electron chi connectivity index (χ1n) is 6.08. The summed E-state index contributed by atoms with van der Waals surface area (Å²) >= 11 is 0. The van der Waals surface area contributed by atoms with E-state index in [1.807, 2.05) is 19.9 Å². The lowest BCUT2D eigenvalue weighted by Gasteiger charge is -2.21. The summed E-state index contributed by atoms with van der Waals surface area (Å²) in [6, 6.07) is 8.91. The summed E-state index contributed by atoms with van der Waals surface area (Å²) < 4.78 is 0. The lowest BCUT2D eigenvalue weighted by atomic mass is 10.1. The third kappa shape index (κ3) is 4.57. The van der Waals surface area contributed by atoms with Crippen molar-refractivity contribution in [1.29, 1.82) is 0 Å². The highest BCUT2D eigenvalue weighted by Gasteiger charge is 2.18. The molecule has 0 spiro atoms. The number of carboxylic acids is 1. The quantitative estimate of drug-likeness (QED) is 0.842. The van der Waals surface area contributed by atoms with Crippen molar-refractivity contribution in [3.05, 3.63) is 30.3 Å². The molecule has 0 unspecified atom stereocenters. The van der Waals surface area contributed by atoms with Crippen molar-refractivity contribution in [3.63, 3.8) is 0 Å². The number of rotatable bonds is 6. The van der Waals surface area contributed by atoms with Gasteiger partial charge in [-0.3, -0.25) is 9.59 Å². The standard InChI is InChI=1S/C14H19NO3/c1-11(2)8-9-13(16)15(10-14(17)18)12-6-4-3-5-7-12/h3-7,11H,8-10H2,1-2H3,(H,17,18). The second-order valence-corrected chi connectivity index (χ2v) is 4.64. The zero-order valence-corrected chi connectivity index (χ0v) is 10.8. The zero-order chi connectivity index (χ0) is 13.5. The average molecular weight is 249 g/mol. The Morgan fingerprint density at radius 1 is 1.22 bits per heavy atom. The number of nitrogens with zero attached hydrogens (tertiary/aromatic N) is 1. The van der Waals surface area contributed by atoms with Gasteiger partial charge in [0.25, 0.3) is 0 Å². The van der Waals surface area contributed by atoms with E-state index < -0.39 is 5.97 Å². The molecule has 0 fully saturated rings. The van der Waals surface area contributed by atoms with Crippen LogP contribution in [0.4, 0.5) is 5.69 Å². The van der Waals surface area contributed by atoms with Crippen molar-refractivity contribution in [2.75, 3.05) is 11.4 Å². The normalized spacial score (nSPS) is 10.4. The van der Waals surface area contributed by atoms with Gasteiger partial charge in [0.15, 0.2) is 0 Å². The summed E-state index contributed by atoms with van der Waals surface area (Å²) in [4.78, 5) is 24.2. The van der Waals surface area contributed by atoms with Crippen LogP contribution in [0.25, 0.3) is 0 Å². The highest BCUT2D eigenvalue weighted by atomic mass is 16.4. The highest BCUT2D eigenvalue weighted by molar-refractivity contribution is 5.97. The second kappa shape index (κ2) is 6.79. The Morgan fingerprint density at radius 2 is 1.83 bits per heavy atom. The molecular weight excluding hydrogens is 230 g/mol. The van der Waals surface area contributed by atoms with Crippen molar-refractivity contribution < 1.29 is 14.7 Å². The molecule has 0 aliphatic carbocycles. The predicted octanol–water partition coefficient (Wildman–Crippen LogP) is 2.54. The molecule has 0 heterocycles. The second-order valence-electron chi connectivity index (χ2n) is 4.64. The lowest BCUT2D eigenvalue weighted by molar-refractivity contribution is -0.136. The molecule has 98 valence electrons. The Hall–Kier alpha value is -1.84. The molecule has 0 aromatic heterocycles. The Labute approximate surface area is 107 Å². The molecule has 4 nitrogen and oxygen atoms in total. The SMILES string of the molecule is CC(C)CCC(=O)N(CC(=O)O)c1ccccc1. The summed E-state index contributed by atoms with van der Waals surface area (Å²) in [5, 5.41) is 8.88. The highest BCUT2D eigenvalue weighted by Crippen LogP contribution is 2.16. The molecule has 1 aromatic carbocycles. The number of para-hydroxylation sites is 1. The Bertz CT molecular complexity index is 401. The Kier molecular flexibility index (Phi) is 5.36. The van der Waals surface area contributed by atoms with E-state index in [0.717, 1.165) is 6.42 Å². The van der Waals surface area contributed by atoms with Crippen molar-refractivity contribution in [1.82, 2.24) is 0 Å². The van der Waals surface area contributed by atoms with Crippen molar-refractivity contribution >= 4 is 17.6 Å². The number of hydrogen-bond acceptors (Lipinski definition) is 2. The molecule has 0 saturated heterocycles. The molecule has 4 heteroatoms. The smallest absolute Gasteiger partial charge is 0.323 e. The van der Waals surface area contributed by atoms with Gasteiger partial charge in [-0.15, -0.1) is 0 Å². The maximum Gasteiger partial charge on any atom is 0.323 e. The monoisotopic (exact) mass is 249 g/mol. The van der Waals surface area contributed by atoms with Gasteiger partial charge in [0, 0.05) is 12.1 Å². The van der Waals surface area contributed by atoms with E-state index in [-0.39, 0.29) is 12.5 Å². The first kappa shape index (κ1) is 14.2. The van der Waals surface area contributed by atoms with Crippen LogP contribution in [0.3, 0.4) is 0 Å². The summed E-state index contributed by atoms with van der Waals surface area (Å²) in [5.41, 5.74) is 0.633. The molecule has 0 radical (unpaired) electrons. The predicted molar refractivity (Wildman–Crippen MR) is 70.5 cm³/mol. The molecule has 0 aliphatic rings. The minimum atomic E-state index is -1.00. The van der Waals surface area contributed by atoms with E-state index >= 15 is 0 Å². The van der Waals surface area contributed by atoms with E-state index in [1.165, 1.54) is 4.90 Å². The van der Waals surface area contributed by atoms with Crippen molar-refractivity contribution in [3.8, 4) is 0 Å². The molecule has 0 atom stereocenters. The van der Waals surface area contributed by atoms with Gasteiger partial charge in [0.1, 0.15) is 6.54 Å². The van der Waals surface area contributed by atoms with Gasteiger partial charge in [-0.2, -0.15) is 0 Å². The maximum atomic E-state index is 12.0. The fourth-order valence-electron chi connectivity index (χ4n) is 1.61. The van der Waals surface area contributed by atoms with E-state index in [9.17, 15) is 9.59 Å². The van der Waals surface area contributed by atoms with E-state index in [0.29, 0.717) is 18.0 Å². The number of aliphatic carboxylic acids is 1. The topological polar surface area (TPSA) is 57.6 Å². The number of amides is 1. The van der Waals surface area contributed by atoms with Crippen LogP contribution < -0.4 is 4.90 Å². The van der Waals surface area contributed by atoms with Gasteiger partial charge in [0.2, 0.25) is 5.91 Å². The molecule has 1 aromatic rings. The minimum Gasteiger partial charge on any atom is -0.480 e. The number of carboxylic acid groups (broad SMARTS) is 1. The third-order valence-electron chi connectivity index (χ3n) is 2.60. The van der Waals surface area contributed by atoms with Gasteiger partial charge < -0.3 is 10.0 Å². The Balaban J connectivity index is 2.78. The van der Waals surface area contributed by atoms with E-state index in [4.69, 9.17) is 5.11 Å². The molecular formula is C14H19NO3. The van der Waals surface area contributed by atoms with Crippen LogP contribution in [-0.2, 0) is 9.59 Å². The summed E-state index contributed by atoms with van der Waals surface area (Å²) in [6.07, 6.45) is 1.14. The lowest BCUT2D eigenvalue weighted by Crippen LogP contribution is -2.35. The summed E-state index contributed by atoms with van der Waals surface area (Å²) in [7, 11) is 0. The van der Waals surface area contributed by atoms with Crippen LogP contribution in [0, 0.1) is 5.92 Å². The van der Waals surface area contributed by atoms with Gasteiger partial charge in [-0.05, 0) is 24.5 Å². The van der Waals surface area contributed by atoms with Gasteiger partial charge >= 0.3 is 5.97 Å². The molecule has 0 aliphatic heterocycles. The first-order chi connectivity index (χ1) is 8.50. The number of hydrogen-bond donors (Lipinski definition) is 1. The minimum absolute atomic E-state index is 0.141. The molecule has 1 amide bonds. The molecule has 1 rings (SSSR count). The largest absolute Gasteiger partial charge is 0.480 e. The Morgan fingerprint density at radius 3 is 2.33 bits per heavy atom. The summed E-state index contributed by atoms with van der Waals surface area (Å²) in [6.45, 7) is 3.79. The molecule has 1 N–H and O–H groups in total. The van der Waals surface area contributed by atoms with Crippen LogP contribution in [0.1, 0.15) is 26.7 Å². The van der Waals surface area contributed by atoms with Crippen LogP contribution in [0.2, 0.25) is 0 Å². The fourth-order valence-corrected chi connectivity index (χ4v) is 1.61. The third-order valence-corrected chi connectivity index (χ3v) is 2.60. The average Bonchev–Trinajstić information content (AvgIpc) is 2.34. The summed E-state index contributed by atoms with van der Waals surface area (Å²) in [5.74, 6) is -0.717. The van der Waals surface area contributed by atoms with E-state index in [1.54, 1.807) is 24.3 Å². The first-order valence-corrected chi connectivity index (χ1v) is 6.08. The molecule has 18 heavy (non-hydrogen) atoms. The van der Waals surface area contributed by atoms with Gasteiger partial charge in [-0.1, -0.05) is 32.0 Å². The molecule has 0 bridgehead atoms. The van der Waals surface area contributed by atoms with Gasteiger partial charge in [0.05, 0.1) is 0 Å². The van der Waals surface area contributed by atoms with Crippen LogP contribution in [0.5, 0.6) is 0 Å². The zero-order valence-electron chi connectivity index (χ0n) is 10.8. The molecule has 0 saturated carbocycles. The number of benzene rings is 1. The maximum absolute atomic E-state index is 12.0. The number of anilines is 1. The van der Waals surface area contributed by atoms with Crippen molar-refractivity contribution in [2.45, 2.75) is 26.7 Å².